The number of aliphatic carboxylic acids is 1. The third-order valence-electron chi connectivity index (χ3n) is 3.47. The average molecular weight is 227 g/mol. The maximum Gasteiger partial charge on any atom is 0.326 e. The number of carboxylic acids is 1. The van der Waals surface area contributed by atoms with Gasteiger partial charge < -0.3 is 14.7 Å². The molecule has 90 valence electrons. The first-order valence-electron chi connectivity index (χ1n) is 5.74. The lowest BCUT2D eigenvalue weighted by molar-refractivity contribution is -0.150. The lowest BCUT2D eigenvalue weighted by Crippen LogP contribution is -2.48. The van der Waals surface area contributed by atoms with Crippen LogP contribution in [0, 0.1) is 0 Å². The Kier molecular flexibility index (Phi) is 3.14. The zero-order valence-corrected chi connectivity index (χ0v) is 9.39. The second-order valence-corrected chi connectivity index (χ2v) is 4.48. The number of amides is 1. The van der Waals surface area contributed by atoms with Crippen molar-refractivity contribution in [3.8, 4) is 0 Å². The van der Waals surface area contributed by atoms with Gasteiger partial charge in [0.2, 0.25) is 5.91 Å². The molecule has 5 nitrogen and oxygen atoms in total. The van der Waals surface area contributed by atoms with Crippen LogP contribution in [0.15, 0.2) is 0 Å². The molecule has 2 aliphatic rings. The summed E-state index contributed by atoms with van der Waals surface area (Å²) in [6, 6.07) is -0.701. The number of nitrogens with zero attached hydrogens (tertiary/aromatic N) is 1. The summed E-state index contributed by atoms with van der Waals surface area (Å²) in [6.45, 7) is 2.16. The molecule has 2 fully saturated rings. The molecule has 3 atom stereocenters. The highest BCUT2D eigenvalue weighted by Gasteiger charge is 2.44. The lowest BCUT2D eigenvalue weighted by atomic mass is 10.1. The molecule has 5 heteroatoms. The first kappa shape index (κ1) is 11.4. The minimum absolute atomic E-state index is 0.0354. The summed E-state index contributed by atoms with van der Waals surface area (Å²) < 4.78 is 5.56. The number of carbonyl (C=O) groups is 2. The molecule has 0 bridgehead atoms. The van der Waals surface area contributed by atoms with Crippen LogP contribution in [0.5, 0.6) is 0 Å². The van der Waals surface area contributed by atoms with E-state index in [4.69, 9.17) is 9.84 Å². The van der Waals surface area contributed by atoms with Crippen LogP contribution in [-0.4, -0.2) is 46.7 Å². The Bertz CT molecular complexity index is 298. The smallest absolute Gasteiger partial charge is 0.326 e. The number of rotatable bonds is 2. The van der Waals surface area contributed by atoms with Crippen LogP contribution in [0.3, 0.4) is 0 Å². The van der Waals surface area contributed by atoms with E-state index in [1.807, 2.05) is 0 Å². The molecule has 2 aliphatic heterocycles. The minimum Gasteiger partial charge on any atom is -0.480 e. The van der Waals surface area contributed by atoms with Gasteiger partial charge in [-0.2, -0.15) is 0 Å². The standard InChI is InChI=1S/C11H17NO4/c1-7(13)12-8(10-3-2-6-16-10)4-5-9(12)11(14)15/h8-10H,2-6H2,1H3,(H,14,15)/t8-,9+,10?/m0/s1. The van der Waals surface area contributed by atoms with E-state index in [1.165, 1.54) is 11.8 Å². The molecule has 2 heterocycles. The Morgan fingerprint density at radius 1 is 1.31 bits per heavy atom. The summed E-state index contributed by atoms with van der Waals surface area (Å²) in [5.74, 6) is -1.07. The molecule has 0 spiro atoms. The van der Waals surface area contributed by atoms with Crippen molar-refractivity contribution in [1.29, 1.82) is 0 Å². The maximum absolute atomic E-state index is 11.5. The van der Waals surface area contributed by atoms with Gasteiger partial charge in [-0.1, -0.05) is 0 Å². The zero-order chi connectivity index (χ0) is 11.7. The van der Waals surface area contributed by atoms with Crippen LogP contribution in [0.1, 0.15) is 32.6 Å². The fourth-order valence-electron chi connectivity index (χ4n) is 2.80. The molecule has 1 amide bonds. The van der Waals surface area contributed by atoms with Crippen LogP contribution in [0.2, 0.25) is 0 Å². The van der Waals surface area contributed by atoms with Crippen LogP contribution in [0.25, 0.3) is 0 Å². The van der Waals surface area contributed by atoms with Gasteiger partial charge in [-0.25, -0.2) is 4.79 Å². The topological polar surface area (TPSA) is 66.8 Å². The molecule has 1 N–H and O–H groups in total. The monoisotopic (exact) mass is 227 g/mol. The van der Waals surface area contributed by atoms with Gasteiger partial charge in [-0.3, -0.25) is 4.79 Å². The van der Waals surface area contributed by atoms with E-state index in [0.29, 0.717) is 6.42 Å². The Morgan fingerprint density at radius 2 is 2.06 bits per heavy atom. The molecule has 16 heavy (non-hydrogen) atoms. The van der Waals surface area contributed by atoms with Gasteiger partial charge in [0.25, 0.3) is 0 Å². The number of carbonyl (C=O) groups excluding carboxylic acids is 1. The summed E-state index contributed by atoms with van der Waals surface area (Å²) in [5.41, 5.74) is 0. The van der Waals surface area contributed by atoms with Crippen molar-refractivity contribution in [2.75, 3.05) is 6.61 Å². The first-order chi connectivity index (χ1) is 7.61. The second kappa shape index (κ2) is 4.41. The Morgan fingerprint density at radius 3 is 2.56 bits per heavy atom. The van der Waals surface area contributed by atoms with Crippen molar-refractivity contribution in [1.82, 2.24) is 4.90 Å². The van der Waals surface area contributed by atoms with Gasteiger partial charge in [0.05, 0.1) is 12.1 Å². The van der Waals surface area contributed by atoms with E-state index in [9.17, 15) is 9.59 Å². The third kappa shape index (κ3) is 1.91. The quantitative estimate of drug-likeness (QED) is 0.751. The molecular formula is C11H17NO4. The summed E-state index contributed by atoms with van der Waals surface area (Å²) >= 11 is 0. The highest BCUT2D eigenvalue weighted by atomic mass is 16.5. The van der Waals surface area contributed by atoms with Crippen LogP contribution in [-0.2, 0) is 14.3 Å². The van der Waals surface area contributed by atoms with Crippen LogP contribution >= 0.6 is 0 Å². The van der Waals surface area contributed by atoms with Crippen molar-refractivity contribution < 1.29 is 19.4 Å². The Hall–Kier alpha value is -1.10. The third-order valence-corrected chi connectivity index (χ3v) is 3.47. The highest BCUT2D eigenvalue weighted by molar-refractivity contribution is 5.83. The molecule has 0 aromatic carbocycles. The largest absolute Gasteiger partial charge is 0.480 e. The average Bonchev–Trinajstić information content (AvgIpc) is 2.85. The fraction of sp³-hybridized carbons (Fsp3) is 0.818. The van der Waals surface area contributed by atoms with Gasteiger partial charge in [0, 0.05) is 13.5 Å². The van der Waals surface area contributed by atoms with Crippen LogP contribution < -0.4 is 0 Å². The number of likely N-dealkylation sites (tertiary alicyclic amines) is 1. The first-order valence-corrected chi connectivity index (χ1v) is 5.74. The van der Waals surface area contributed by atoms with Crippen molar-refractivity contribution in [2.24, 2.45) is 0 Å². The normalized spacial score (nSPS) is 34.3. The number of hydrogen-bond donors (Lipinski definition) is 1. The summed E-state index contributed by atoms with van der Waals surface area (Å²) in [7, 11) is 0. The maximum atomic E-state index is 11.5. The fourth-order valence-corrected chi connectivity index (χ4v) is 2.80. The Balaban J connectivity index is 2.13. The second-order valence-electron chi connectivity index (χ2n) is 4.48. The molecule has 0 aromatic rings. The van der Waals surface area contributed by atoms with Gasteiger partial charge in [0.15, 0.2) is 0 Å². The summed E-state index contributed by atoms with van der Waals surface area (Å²) in [6.07, 6.45) is 3.25. The lowest BCUT2D eigenvalue weighted by Gasteiger charge is -2.30. The molecule has 1 unspecified atom stereocenters. The molecule has 2 saturated heterocycles. The van der Waals surface area contributed by atoms with Gasteiger partial charge in [0.1, 0.15) is 6.04 Å². The van der Waals surface area contributed by atoms with Crippen LogP contribution in [0.4, 0.5) is 0 Å². The molecule has 0 saturated carbocycles. The predicted molar refractivity (Wildman–Crippen MR) is 55.9 cm³/mol. The van der Waals surface area contributed by atoms with E-state index in [1.54, 1.807) is 0 Å². The van der Waals surface area contributed by atoms with Gasteiger partial charge in [-0.15, -0.1) is 0 Å². The SMILES string of the molecule is CC(=O)N1[C@@H](C(=O)O)CC[C@H]1C1CCCO1. The zero-order valence-electron chi connectivity index (χ0n) is 9.39. The number of carboxylic acid groups (broad SMARTS) is 1. The molecule has 2 rings (SSSR count). The summed E-state index contributed by atoms with van der Waals surface area (Å²) in [4.78, 5) is 24.1. The molecular weight excluding hydrogens is 210 g/mol. The van der Waals surface area contributed by atoms with E-state index >= 15 is 0 Å². The van der Waals surface area contributed by atoms with Crippen molar-refractivity contribution in [2.45, 2.75) is 50.8 Å². The van der Waals surface area contributed by atoms with Gasteiger partial charge in [-0.05, 0) is 25.7 Å². The highest BCUT2D eigenvalue weighted by Crippen LogP contribution is 2.31. The number of hydrogen-bond acceptors (Lipinski definition) is 3. The minimum atomic E-state index is -0.907. The Labute approximate surface area is 94.4 Å². The molecule has 0 aromatic heterocycles. The van der Waals surface area contributed by atoms with Crippen molar-refractivity contribution in [3.63, 3.8) is 0 Å². The summed E-state index contributed by atoms with van der Waals surface area (Å²) in [5, 5.41) is 9.06. The molecule has 0 radical (unpaired) electrons. The predicted octanol–water partition coefficient (Wildman–Crippen LogP) is 0.629. The van der Waals surface area contributed by atoms with E-state index in [-0.39, 0.29) is 18.1 Å². The number of ether oxygens (including phenoxy) is 1. The van der Waals surface area contributed by atoms with E-state index in [2.05, 4.69) is 0 Å². The molecule has 0 aliphatic carbocycles. The van der Waals surface area contributed by atoms with Crippen molar-refractivity contribution >= 4 is 11.9 Å². The van der Waals surface area contributed by atoms with Crippen molar-refractivity contribution in [3.05, 3.63) is 0 Å². The van der Waals surface area contributed by atoms with E-state index < -0.39 is 12.0 Å². The van der Waals surface area contributed by atoms with Gasteiger partial charge >= 0.3 is 5.97 Å². The van der Waals surface area contributed by atoms with E-state index in [0.717, 1.165) is 25.9 Å².